The molecule has 0 N–H and O–H groups in total. The van der Waals surface area contributed by atoms with Gasteiger partial charge in [-0.15, -0.1) is 0 Å². The van der Waals surface area contributed by atoms with E-state index < -0.39 is 0 Å². The molecule has 51 heavy (non-hydrogen) atoms. The van der Waals surface area contributed by atoms with E-state index in [0.29, 0.717) is 11.5 Å². The highest BCUT2D eigenvalue weighted by atomic mass is 16.3. The Morgan fingerprint density at radius 2 is 1.12 bits per heavy atom. The summed E-state index contributed by atoms with van der Waals surface area (Å²) in [6.07, 6.45) is 1.93. The first-order chi connectivity index (χ1) is 25.3. The van der Waals surface area contributed by atoms with Crippen molar-refractivity contribution in [2.45, 2.75) is 0 Å². The molecule has 0 saturated carbocycles. The maximum atomic E-state index is 6.53. The summed E-state index contributed by atoms with van der Waals surface area (Å²) in [5.74, 6) is 0.542. The minimum atomic E-state index is 0.542. The molecule has 0 amide bonds. The first-order valence-electron chi connectivity index (χ1n) is 17.0. The highest BCUT2D eigenvalue weighted by molar-refractivity contribution is 6.10. The molecule has 3 heterocycles. The van der Waals surface area contributed by atoms with Crippen molar-refractivity contribution >= 4 is 61.0 Å². The van der Waals surface area contributed by atoms with Crippen LogP contribution >= 0.6 is 0 Å². The number of anilines is 3. The third-order valence-corrected chi connectivity index (χ3v) is 9.52. The van der Waals surface area contributed by atoms with E-state index in [4.69, 9.17) is 18.8 Å². The number of para-hydroxylation sites is 2. The number of aromatic nitrogens is 2. The smallest absolute Gasteiger partial charge is 0.228 e. The maximum Gasteiger partial charge on any atom is 0.228 e. The van der Waals surface area contributed by atoms with E-state index in [2.05, 4.69) is 126 Å². The molecule has 5 heteroatoms. The van der Waals surface area contributed by atoms with Gasteiger partial charge in [-0.2, -0.15) is 0 Å². The van der Waals surface area contributed by atoms with E-state index in [9.17, 15) is 0 Å². The molecule has 0 spiro atoms. The van der Waals surface area contributed by atoms with Crippen LogP contribution in [0, 0.1) is 0 Å². The number of pyridine rings is 1. The third-order valence-electron chi connectivity index (χ3n) is 9.52. The molecule has 240 valence electrons. The minimum Gasteiger partial charge on any atom is -0.454 e. The van der Waals surface area contributed by atoms with Crippen LogP contribution in [-0.4, -0.2) is 9.97 Å². The molecule has 5 nitrogen and oxygen atoms in total. The topological polar surface area (TPSA) is 55.3 Å². The summed E-state index contributed by atoms with van der Waals surface area (Å²) in [6.45, 7) is 0. The lowest BCUT2D eigenvalue weighted by Gasteiger charge is -2.26. The molecule has 7 aromatic carbocycles. The lowest BCUT2D eigenvalue weighted by Crippen LogP contribution is -2.10. The second-order valence-corrected chi connectivity index (χ2v) is 12.6. The van der Waals surface area contributed by atoms with Crippen molar-refractivity contribution in [3.8, 4) is 33.7 Å². The normalized spacial score (nSPS) is 11.5. The van der Waals surface area contributed by atoms with Gasteiger partial charge in [0.15, 0.2) is 11.2 Å². The summed E-state index contributed by atoms with van der Waals surface area (Å²) in [7, 11) is 0. The molecule has 0 aliphatic carbocycles. The molecule has 0 aliphatic heterocycles. The van der Waals surface area contributed by atoms with Crippen LogP contribution in [0.25, 0.3) is 77.6 Å². The predicted molar refractivity (Wildman–Crippen MR) is 208 cm³/mol. The molecule has 0 saturated heterocycles. The summed E-state index contributed by atoms with van der Waals surface area (Å²) in [5, 5.41) is 3.31. The molecule has 10 rings (SSSR count). The maximum absolute atomic E-state index is 6.53. The lowest BCUT2D eigenvalue weighted by molar-refractivity contribution is 0.620. The highest BCUT2D eigenvalue weighted by Crippen LogP contribution is 2.42. The van der Waals surface area contributed by atoms with Crippen molar-refractivity contribution in [2.24, 2.45) is 0 Å². The van der Waals surface area contributed by atoms with Crippen LogP contribution in [-0.2, 0) is 0 Å². The average molecular weight is 656 g/mol. The molecule has 0 atom stereocenters. The Hall–Kier alpha value is -6.98. The van der Waals surface area contributed by atoms with Gasteiger partial charge in [-0.3, -0.25) is 0 Å². The molecular formula is C46H29N3O2. The van der Waals surface area contributed by atoms with Gasteiger partial charge in [-0.25, -0.2) is 9.97 Å². The molecule has 0 fully saturated rings. The summed E-state index contributed by atoms with van der Waals surface area (Å²) in [5.41, 5.74) is 12.1. The molecule has 10 aromatic rings. The van der Waals surface area contributed by atoms with Gasteiger partial charge < -0.3 is 13.7 Å². The lowest BCUT2D eigenvalue weighted by atomic mass is 9.97. The first-order valence-corrected chi connectivity index (χ1v) is 17.0. The molecular weight excluding hydrogens is 627 g/mol. The summed E-state index contributed by atoms with van der Waals surface area (Å²) in [4.78, 5) is 12.1. The SMILES string of the molecule is c1ccc(-c2cccc(N(c3cccc(-c4cccc5ccccc45)c3)c3cnc4c(c3)oc3cccc(-c5nc6ccccc6o5)c34)c2)cc1. The number of rotatable bonds is 6. The Labute approximate surface area is 293 Å². The molecule has 0 aliphatic rings. The van der Waals surface area contributed by atoms with Gasteiger partial charge in [0, 0.05) is 17.4 Å². The number of benzene rings is 7. The van der Waals surface area contributed by atoms with Gasteiger partial charge in [0.2, 0.25) is 5.89 Å². The van der Waals surface area contributed by atoms with E-state index >= 15 is 0 Å². The predicted octanol–water partition coefficient (Wildman–Crippen LogP) is 12.7. The Morgan fingerprint density at radius 3 is 2.00 bits per heavy atom. The fraction of sp³-hybridized carbons (Fsp3) is 0. The van der Waals surface area contributed by atoms with Crippen molar-refractivity contribution in [1.29, 1.82) is 0 Å². The van der Waals surface area contributed by atoms with E-state index in [1.54, 1.807) is 0 Å². The fourth-order valence-corrected chi connectivity index (χ4v) is 7.16. The first kappa shape index (κ1) is 29.0. The Morgan fingerprint density at radius 1 is 0.451 bits per heavy atom. The van der Waals surface area contributed by atoms with Crippen molar-refractivity contribution in [3.63, 3.8) is 0 Å². The number of oxazole rings is 1. The van der Waals surface area contributed by atoms with Gasteiger partial charge in [-0.1, -0.05) is 115 Å². The Kier molecular flexibility index (Phi) is 6.74. The van der Waals surface area contributed by atoms with Crippen LogP contribution in [0.2, 0.25) is 0 Å². The number of hydrogen-bond acceptors (Lipinski definition) is 5. The minimum absolute atomic E-state index is 0.542. The number of fused-ring (bicyclic) bond motifs is 5. The monoisotopic (exact) mass is 655 g/mol. The Bertz CT molecular complexity index is 2850. The van der Waals surface area contributed by atoms with Crippen LogP contribution in [0.1, 0.15) is 0 Å². The van der Waals surface area contributed by atoms with Crippen LogP contribution in [0.5, 0.6) is 0 Å². The molecule has 0 radical (unpaired) electrons. The van der Waals surface area contributed by atoms with Gasteiger partial charge in [0.25, 0.3) is 0 Å². The Balaban J connectivity index is 1.15. The zero-order chi connectivity index (χ0) is 33.7. The van der Waals surface area contributed by atoms with E-state index in [1.165, 1.54) is 16.3 Å². The van der Waals surface area contributed by atoms with Crippen molar-refractivity contribution in [3.05, 3.63) is 176 Å². The molecule has 0 unspecified atom stereocenters. The zero-order valence-corrected chi connectivity index (χ0v) is 27.4. The van der Waals surface area contributed by atoms with Crippen molar-refractivity contribution in [2.75, 3.05) is 4.90 Å². The second-order valence-electron chi connectivity index (χ2n) is 12.6. The zero-order valence-electron chi connectivity index (χ0n) is 27.4. The largest absolute Gasteiger partial charge is 0.454 e. The van der Waals surface area contributed by atoms with Crippen molar-refractivity contribution < 1.29 is 8.83 Å². The van der Waals surface area contributed by atoms with E-state index in [0.717, 1.165) is 66.9 Å². The van der Waals surface area contributed by atoms with E-state index in [1.807, 2.05) is 54.7 Å². The third kappa shape index (κ3) is 5.03. The molecule has 3 aromatic heterocycles. The van der Waals surface area contributed by atoms with Crippen LogP contribution in [0.4, 0.5) is 17.1 Å². The number of furan rings is 1. The fourth-order valence-electron chi connectivity index (χ4n) is 7.16. The second kappa shape index (κ2) is 11.9. The summed E-state index contributed by atoms with van der Waals surface area (Å²) < 4.78 is 12.7. The number of hydrogen-bond donors (Lipinski definition) is 0. The van der Waals surface area contributed by atoms with Crippen LogP contribution in [0.15, 0.2) is 185 Å². The summed E-state index contributed by atoms with van der Waals surface area (Å²) in [6, 6.07) is 58.7. The standard InChI is InChI=1S/C46H29N3O2/c1-2-12-30(13-3-1)32-16-8-18-34(26-32)49(35-19-9-17-33(27-35)38-21-10-15-31-14-4-5-20-37(31)38)36-28-43-45(47-29-36)44-39(22-11-25-42(44)50-43)46-48-40-23-6-7-24-41(40)51-46/h1-29H. The van der Waals surface area contributed by atoms with Gasteiger partial charge in [0.1, 0.15) is 16.6 Å². The summed E-state index contributed by atoms with van der Waals surface area (Å²) >= 11 is 0. The van der Waals surface area contributed by atoms with Gasteiger partial charge in [0.05, 0.1) is 22.8 Å². The highest BCUT2D eigenvalue weighted by Gasteiger charge is 2.21. The molecule has 0 bridgehead atoms. The van der Waals surface area contributed by atoms with Gasteiger partial charge >= 0.3 is 0 Å². The average Bonchev–Trinajstić information content (AvgIpc) is 3.80. The van der Waals surface area contributed by atoms with Crippen LogP contribution in [0.3, 0.4) is 0 Å². The van der Waals surface area contributed by atoms with Crippen molar-refractivity contribution in [1.82, 2.24) is 9.97 Å². The quantitative estimate of drug-likeness (QED) is 0.178. The van der Waals surface area contributed by atoms with Gasteiger partial charge in [-0.05, 0) is 81.6 Å². The van der Waals surface area contributed by atoms with Crippen LogP contribution < -0.4 is 4.90 Å². The number of nitrogens with zero attached hydrogens (tertiary/aromatic N) is 3. The van der Waals surface area contributed by atoms with E-state index in [-0.39, 0.29) is 0 Å².